The van der Waals surface area contributed by atoms with Crippen LogP contribution in [0.4, 0.5) is 23.9 Å². The molecule has 9 heteroatoms. The minimum atomic E-state index is -4.46. The number of aromatic nitrogens is 2. The molecule has 0 spiro atoms. The van der Waals surface area contributed by atoms with E-state index in [0.717, 1.165) is 25.2 Å². The van der Waals surface area contributed by atoms with Crippen molar-refractivity contribution >= 4 is 12.0 Å². The highest BCUT2D eigenvalue weighted by Gasteiger charge is 2.50. The molecule has 1 N–H and O–H groups in total. The molecule has 3 unspecified atom stereocenters. The molecule has 6 nitrogen and oxygen atoms in total. The summed E-state index contributed by atoms with van der Waals surface area (Å²) >= 11 is 0. The average molecular weight is 358 g/mol. The Morgan fingerprint density at radius 3 is 2.44 bits per heavy atom. The van der Waals surface area contributed by atoms with Crippen molar-refractivity contribution in [3.8, 4) is 0 Å². The second-order valence-electron chi connectivity index (χ2n) is 7.47. The molecular formula is C16H21F3N4O2. The van der Waals surface area contributed by atoms with Gasteiger partial charge in [0.05, 0.1) is 17.6 Å². The van der Waals surface area contributed by atoms with Crippen LogP contribution in [0.25, 0.3) is 0 Å². The van der Waals surface area contributed by atoms with E-state index in [0.29, 0.717) is 6.42 Å². The number of nitrogens with zero attached hydrogens (tertiary/aromatic N) is 3. The Hall–Kier alpha value is -2.06. The Morgan fingerprint density at radius 1 is 1.24 bits per heavy atom. The van der Waals surface area contributed by atoms with Gasteiger partial charge in [0, 0.05) is 18.4 Å². The van der Waals surface area contributed by atoms with E-state index in [1.165, 1.54) is 0 Å². The maximum atomic E-state index is 12.6. The van der Waals surface area contributed by atoms with E-state index < -0.39 is 17.3 Å². The van der Waals surface area contributed by atoms with Gasteiger partial charge in [-0.05, 0) is 40.0 Å². The Morgan fingerprint density at radius 2 is 1.88 bits per heavy atom. The smallest absolute Gasteiger partial charge is 0.419 e. The zero-order chi connectivity index (χ0) is 18.4. The predicted octanol–water partition coefficient (Wildman–Crippen LogP) is 3.45. The fourth-order valence-corrected chi connectivity index (χ4v) is 3.46. The van der Waals surface area contributed by atoms with Crippen molar-refractivity contribution in [3.63, 3.8) is 0 Å². The van der Waals surface area contributed by atoms with Crippen LogP contribution < -0.4 is 5.32 Å². The summed E-state index contributed by atoms with van der Waals surface area (Å²) in [6.07, 6.45) is -0.870. The molecule has 1 aromatic heterocycles. The Balaban J connectivity index is 1.66. The van der Waals surface area contributed by atoms with E-state index in [9.17, 15) is 18.0 Å². The van der Waals surface area contributed by atoms with Crippen molar-refractivity contribution in [2.24, 2.45) is 0 Å². The van der Waals surface area contributed by atoms with Crippen LogP contribution in [0.2, 0.25) is 0 Å². The van der Waals surface area contributed by atoms with Crippen LogP contribution in [-0.4, -0.2) is 44.7 Å². The lowest BCUT2D eigenvalue weighted by atomic mass is 9.96. The molecule has 0 saturated carbocycles. The molecule has 3 atom stereocenters. The average Bonchev–Trinajstić information content (AvgIpc) is 3.02. The third kappa shape index (κ3) is 3.80. The Labute approximate surface area is 143 Å². The first-order valence-corrected chi connectivity index (χ1v) is 8.22. The summed E-state index contributed by atoms with van der Waals surface area (Å²) in [6, 6.07) is -0.0828. The van der Waals surface area contributed by atoms with E-state index >= 15 is 0 Å². The number of nitrogens with one attached hydrogen (secondary N) is 1. The summed E-state index contributed by atoms with van der Waals surface area (Å²) in [4.78, 5) is 21.6. The standard InChI is InChI=1S/C16H21F3N4O2/c1-15(2,3)25-14(24)23-10-4-5-12(23)11(6-10)22-13-20-7-9(8-21-13)16(17,18)19/h7-8,10-12H,4-6H2,1-3H3,(H,20,21,22). The maximum absolute atomic E-state index is 12.6. The zero-order valence-corrected chi connectivity index (χ0v) is 14.3. The SMILES string of the molecule is CC(C)(C)OC(=O)N1C2CCC1C(Nc1ncc(C(F)(F)F)cn1)C2. The normalized spacial score (nSPS) is 26.0. The molecule has 2 saturated heterocycles. The molecule has 2 fully saturated rings. The molecule has 0 radical (unpaired) electrons. The second-order valence-corrected chi connectivity index (χ2v) is 7.47. The minimum Gasteiger partial charge on any atom is -0.444 e. The van der Waals surface area contributed by atoms with E-state index in [2.05, 4.69) is 15.3 Å². The number of carbonyl (C=O) groups is 1. The van der Waals surface area contributed by atoms with E-state index in [4.69, 9.17) is 4.74 Å². The highest BCUT2D eigenvalue weighted by atomic mass is 19.4. The first-order chi connectivity index (χ1) is 11.5. The van der Waals surface area contributed by atoms with Crippen LogP contribution >= 0.6 is 0 Å². The lowest BCUT2D eigenvalue weighted by Crippen LogP contribution is -2.42. The van der Waals surface area contributed by atoms with E-state index in [1.54, 1.807) is 4.90 Å². The van der Waals surface area contributed by atoms with Crippen LogP contribution in [0, 0.1) is 0 Å². The molecule has 1 amide bonds. The number of fused-ring (bicyclic) bond motifs is 2. The number of amides is 1. The molecule has 2 aliphatic rings. The molecular weight excluding hydrogens is 337 g/mol. The van der Waals surface area contributed by atoms with Gasteiger partial charge >= 0.3 is 12.3 Å². The molecule has 0 aliphatic carbocycles. The highest BCUT2D eigenvalue weighted by Crippen LogP contribution is 2.39. The molecule has 2 aliphatic heterocycles. The van der Waals surface area contributed by atoms with Gasteiger partial charge in [-0.2, -0.15) is 13.2 Å². The van der Waals surface area contributed by atoms with Crippen molar-refractivity contribution in [1.82, 2.24) is 14.9 Å². The molecule has 3 heterocycles. The Bertz CT molecular complexity index is 642. The minimum absolute atomic E-state index is 0.0641. The van der Waals surface area contributed by atoms with Gasteiger partial charge in [-0.15, -0.1) is 0 Å². The van der Waals surface area contributed by atoms with Crippen molar-refractivity contribution < 1.29 is 22.7 Å². The van der Waals surface area contributed by atoms with Crippen molar-refractivity contribution in [3.05, 3.63) is 18.0 Å². The summed E-state index contributed by atoms with van der Waals surface area (Å²) in [6.45, 7) is 5.44. The third-order valence-corrected chi connectivity index (χ3v) is 4.43. The molecule has 25 heavy (non-hydrogen) atoms. The Kier molecular flexibility index (Phi) is 4.28. The number of halogens is 3. The molecule has 138 valence electrons. The van der Waals surface area contributed by atoms with Gasteiger partial charge in [0.15, 0.2) is 0 Å². The van der Waals surface area contributed by atoms with Crippen LogP contribution in [0.1, 0.15) is 45.6 Å². The van der Waals surface area contributed by atoms with Gasteiger partial charge in [0.25, 0.3) is 0 Å². The fraction of sp³-hybridized carbons (Fsp3) is 0.688. The fourth-order valence-electron chi connectivity index (χ4n) is 3.46. The number of ether oxygens (including phenoxy) is 1. The van der Waals surface area contributed by atoms with Gasteiger partial charge < -0.3 is 15.0 Å². The molecule has 1 aromatic rings. The summed E-state index contributed by atoms with van der Waals surface area (Å²) in [5.41, 5.74) is -1.46. The van der Waals surface area contributed by atoms with E-state index in [-0.39, 0.29) is 30.2 Å². The number of alkyl halides is 3. The first-order valence-electron chi connectivity index (χ1n) is 8.22. The van der Waals surface area contributed by atoms with E-state index in [1.807, 2.05) is 20.8 Å². The topological polar surface area (TPSA) is 67.3 Å². The van der Waals surface area contributed by atoms with Gasteiger partial charge in [-0.25, -0.2) is 14.8 Å². The van der Waals surface area contributed by atoms with Crippen LogP contribution in [0.3, 0.4) is 0 Å². The summed E-state index contributed by atoms with van der Waals surface area (Å²) in [5.74, 6) is 0.134. The first kappa shape index (κ1) is 17.8. The molecule has 0 aromatic carbocycles. The van der Waals surface area contributed by atoms with Crippen LogP contribution in [0.15, 0.2) is 12.4 Å². The predicted molar refractivity (Wildman–Crippen MR) is 83.9 cm³/mol. The second kappa shape index (κ2) is 6.03. The highest BCUT2D eigenvalue weighted by molar-refractivity contribution is 5.70. The summed E-state index contributed by atoms with van der Waals surface area (Å²) < 4.78 is 43.1. The lowest BCUT2D eigenvalue weighted by Gasteiger charge is -2.28. The van der Waals surface area contributed by atoms with Gasteiger partial charge in [0.2, 0.25) is 5.95 Å². The van der Waals surface area contributed by atoms with Crippen LogP contribution in [-0.2, 0) is 10.9 Å². The van der Waals surface area contributed by atoms with Gasteiger partial charge in [-0.1, -0.05) is 0 Å². The zero-order valence-electron chi connectivity index (χ0n) is 14.3. The number of hydrogen-bond donors (Lipinski definition) is 1. The quantitative estimate of drug-likeness (QED) is 0.877. The van der Waals surface area contributed by atoms with Gasteiger partial charge in [0.1, 0.15) is 5.60 Å². The maximum Gasteiger partial charge on any atom is 0.419 e. The van der Waals surface area contributed by atoms with Crippen molar-refractivity contribution in [2.75, 3.05) is 5.32 Å². The lowest BCUT2D eigenvalue weighted by molar-refractivity contribution is -0.138. The third-order valence-electron chi connectivity index (χ3n) is 4.43. The molecule has 3 rings (SSSR count). The number of anilines is 1. The van der Waals surface area contributed by atoms with Crippen molar-refractivity contribution in [1.29, 1.82) is 0 Å². The number of carbonyl (C=O) groups excluding carboxylic acids is 1. The number of hydrogen-bond acceptors (Lipinski definition) is 5. The summed E-state index contributed by atoms with van der Waals surface area (Å²) in [7, 11) is 0. The van der Waals surface area contributed by atoms with Gasteiger partial charge in [-0.3, -0.25) is 0 Å². The summed E-state index contributed by atoms with van der Waals surface area (Å²) in [5, 5.41) is 3.06. The number of rotatable bonds is 2. The monoisotopic (exact) mass is 358 g/mol. The van der Waals surface area contributed by atoms with Crippen molar-refractivity contribution in [2.45, 2.75) is 69.9 Å². The largest absolute Gasteiger partial charge is 0.444 e. The van der Waals surface area contributed by atoms with Crippen LogP contribution in [0.5, 0.6) is 0 Å². The molecule has 2 bridgehead atoms.